The molecule has 0 aliphatic rings. The van der Waals surface area contributed by atoms with E-state index in [-0.39, 0.29) is 12.3 Å². The van der Waals surface area contributed by atoms with E-state index in [4.69, 9.17) is 15.1 Å². The van der Waals surface area contributed by atoms with Gasteiger partial charge in [-0.15, -0.1) is 0 Å². The molecule has 0 bridgehead atoms. The van der Waals surface area contributed by atoms with Crippen LogP contribution in [0.5, 0.6) is 5.75 Å². The van der Waals surface area contributed by atoms with Crippen molar-refractivity contribution in [2.24, 2.45) is 5.14 Å². The molecule has 0 atom stereocenters. The van der Waals surface area contributed by atoms with Crippen molar-refractivity contribution in [3.63, 3.8) is 0 Å². The Morgan fingerprint density at radius 2 is 2.21 bits per heavy atom. The minimum Gasteiger partial charge on any atom is -0.482 e. The summed E-state index contributed by atoms with van der Waals surface area (Å²) in [7, 11) is -4.17. The second-order valence-electron chi connectivity index (χ2n) is 3.36. The Morgan fingerprint density at radius 3 is 2.79 bits per heavy atom. The van der Waals surface area contributed by atoms with Crippen LogP contribution in [0.3, 0.4) is 0 Å². The molecule has 0 fully saturated rings. The molecular formula is C10H10FN3O4S. The Hall–Kier alpha value is -2.18. The summed E-state index contributed by atoms with van der Waals surface area (Å²) >= 11 is 0. The Bertz CT molecular complexity index is 624. The van der Waals surface area contributed by atoms with Gasteiger partial charge in [0, 0.05) is 0 Å². The number of ether oxygens (including phenoxy) is 1. The average molecular weight is 287 g/mol. The number of carbonyl (C=O) groups is 1. The maximum absolute atomic E-state index is 13.0. The Balaban J connectivity index is 2.85. The van der Waals surface area contributed by atoms with Crippen LogP contribution in [-0.4, -0.2) is 27.5 Å². The van der Waals surface area contributed by atoms with Gasteiger partial charge in [-0.3, -0.25) is 4.79 Å². The molecule has 9 heteroatoms. The van der Waals surface area contributed by atoms with Crippen molar-refractivity contribution in [3.05, 3.63) is 24.0 Å². The number of rotatable bonds is 5. The Labute approximate surface area is 108 Å². The number of halogens is 1. The number of hydrogen-bond acceptors (Lipinski definition) is 5. The average Bonchev–Trinajstić information content (AvgIpc) is 2.33. The SMILES string of the molecule is N#CCNC(=O)COc1ccc(F)cc1S(N)(=O)=O. The molecule has 0 heterocycles. The molecule has 1 rings (SSSR count). The van der Waals surface area contributed by atoms with Gasteiger partial charge in [-0.1, -0.05) is 0 Å². The topological polar surface area (TPSA) is 122 Å². The van der Waals surface area contributed by atoms with Gasteiger partial charge in [-0.05, 0) is 18.2 Å². The van der Waals surface area contributed by atoms with Crippen LogP contribution in [0.2, 0.25) is 0 Å². The highest BCUT2D eigenvalue weighted by Gasteiger charge is 2.17. The van der Waals surface area contributed by atoms with E-state index in [1.807, 2.05) is 0 Å². The molecule has 1 aromatic carbocycles. The van der Waals surface area contributed by atoms with Crippen LogP contribution in [0.25, 0.3) is 0 Å². The number of nitrogens with one attached hydrogen (secondary N) is 1. The van der Waals surface area contributed by atoms with E-state index >= 15 is 0 Å². The summed E-state index contributed by atoms with van der Waals surface area (Å²) in [5, 5.41) is 15.3. The monoisotopic (exact) mass is 287 g/mol. The number of nitrogens with zero attached hydrogens (tertiary/aromatic N) is 1. The first-order valence-corrected chi connectivity index (χ1v) is 6.48. The van der Waals surface area contributed by atoms with E-state index in [2.05, 4.69) is 5.32 Å². The minimum atomic E-state index is -4.17. The van der Waals surface area contributed by atoms with Crippen molar-refractivity contribution < 1.29 is 22.3 Å². The third-order valence-electron chi connectivity index (χ3n) is 1.94. The fourth-order valence-electron chi connectivity index (χ4n) is 1.16. The Morgan fingerprint density at radius 1 is 1.53 bits per heavy atom. The first-order valence-electron chi connectivity index (χ1n) is 4.93. The van der Waals surface area contributed by atoms with Gasteiger partial charge in [0.25, 0.3) is 5.91 Å². The summed E-state index contributed by atoms with van der Waals surface area (Å²) in [4.78, 5) is 10.6. The molecule has 0 saturated heterocycles. The molecule has 0 aliphatic carbocycles. The lowest BCUT2D eigenvalue weighted by atomic mass is 10.3. The molecule has 0 unspecified atom stereocenters. The van der Waals surface area contributed by atoms with E-state index < -0.39 is 33.3 Å². The lowest BCUT2D eigenvalue weighted by molar-refractivity contribution is -0.122. The quantitative estimate of drug-likeness (QED) is 0.706. The Kier molecular flexibility index (Phi) is 4.80. The van der Waals surface area contributed by atoms with Crippen LogP contribution in [0.15, 0.2) is 23.1 Å². The number of primary sulfonamides is 1. The fraction of sp³-hybridized carbons (Fsp3) is 0.200. The van der Waals surface area contributed by atoms with Crippen LogP contribution in [0.4, 0.5) is 4.39 Å². The highest BCUT2D eigenvalue weighted by molar-refractivity contribution is 7.89. The molecule has 0 saturated carbocycles. The maximum atomic E-state index is 13.0. The first-order chi connectivity index (χ1) is 8.84. The third kappa shape index (κ3) is 4.53. The largest absolute Gasteiger partial charge is 0.482 e. The van der Waals surface area contributed by atoms with Gasteiger partial charge in [-0.2, -0.15) is 5.26 Å². The van der Waals surface area contributed by atoms with E-state index in [0.29, 0.717) is 6.07 Å². The van der Waals surface area contributed by atoms with Crippen molar-refractivity contribution in [2.75, 3.05) is 13.2 Å². The van der Waals surface area contributed by atoms with Crippen molar-refractivity contribution in [2.45, 2.75) is 4.90 Å². The number of carbonyl (C=O) groups excluding carboxylic acids is 1. The lowest BCUT2D eigenvalue weighted by Gasteiger charge is -2.09. The van der Waals surface area contributed by atoms with E-state index in [9.17, 15) is 17.6 Å². The molecule has 3 N–H and O–H groups in total. The number of nitriles is 1. The van der Waals surface area contributed by atoms with Crippen molar-refractivity contribution in [1.82, 2.24) is 5.32 Å². The van der Waals surface area contributed by atoms with Gasteiger partial charge in [0.15, 0.2) is 6.61 Å². The summed E-state index contributed by atoms with van der Waals surface area (Å²) < 4.78 is 40.3. The maximum Gasteiger partial charge on any atom is 0.258 e. The second-order valence-corrected chi connectivity index (χ2v) is 4.89. The van der Waals surface area contributed by atoms with Gasteiger partial charge in [0.2, 0.25) is 10.0 Å². The molecule has 0 aromatic heterocycles. The van der Waals surface area contributed by atoms with Gasteiger partial charge >= 0.3 is 0 Å². The van der Waals surface area contributed by atoms with Gasteiger partial charge < -0.3 is 10.1 Å². The summed E-state index contributed by atoms with van der Waals surface area (Å²) in [5.74, 6) is -1.66. The molecule has 0 spiro atoms. The predicted molar refractivity (Wildman–Crippen MR) is 61.9 cm³/mol. The lowest BCUT2D eigenvalue weighted by Crippen LogP contribution is -2.29. The zero-order valence-corrected chi connectivity index (χ0v) is 10.4. The zero-order chi connectivity index (χ0) is 14.5. The highest BCUT2D eigenvalue weighted by atomic mass is 32.2. The van der Waals surface area contributed by atoms with E-state index in [1.54, 1.807) is 6.07 Å². The van der Waals surface area contributed by atoms with Crippen LogP contribution < -0.4 is 15.2 Å². The summed E-state index contributed by atoms with van der Waals surface area (Å²) in [6.45, 7) is -0.719. The van der Waals surface area contributed by atoms with E-state index in [0.717, 1.165) is 12.1 Å². The summed E-state index contributed by atoms with van der Waals surface area (Å²) in [6, 6.07) is 4.40. The third-order valence-corrected chi connectivity index (χ3v) is 2.87. The number of hydrogen-bond donors (Lipinski definition) is 2. The number of benzene rings is 1. The molecular weight excluding hydrogens is 277 g/mol. The molecule has 1 aromatic rings. The number of sulfonamides is 1. The highest BCUT2D eigenvalue weighted by Crippen LogP contribution is 2.23. The molecule has 1 amide bonds. The number of amides is 1. The molecule has 102 valence electrons. The van der Waals surface area contributed by atoms with Crippen molar-refractivity contribution >= 4 is 15.9 Å². The molecule has 0 aliphatic heterocycles. The van der Waals surface area contributed by atoms with Crippen LogP contribution in [-0.2, 0) is 14.8 Å². The fourth-order valence-corrected chi connectivity index (χ4v) is 1.84. The number of nitrogens with two attached hydrogens (primary N) is 1. The van der Waals surface area contributed by atoms with Crippen molar-refractivity contribution in [1.29, 1.82) is 5.26 Å². The van der Waals surface area contributed by atoms with Crippen molar-refractivity contribution in [3.8, 4) is 11.8 Å². The first kappa shape index (κ1) is 14.9. The minimum absolute atomic E-state index is 0.201. The van der Waals surface area contributed by atoms with Gasteiger partial charge in [0.1, 0.15) is 23.0 Å². The van der Waals surface area contributed by atoms with Crippen LogP contribution in [0, 0.1) is 17.1 Å². The van der Waals surface area contributed by atoms with Gasteiger partial charge in [0.05, 0.1) is 6.07 Å². The second kappa shape index (κ2) is 6.12. The van der Waals surface area contributed by atoms with Crippen LogP contribution >= 0.6 is 0 Å². The summed E-state index contributed by atoms with van der Waals surface area (Å²) in [5.41, 5.74) is 0. The summed E-state index contributed by atoms with van der Waals surface area (Å²) in [6.07, 6.45) is 0. The predicted octanol–water partition coefficient (Wildman–Crippen LogP) is -0.508. The molecule has 19 heavy (non-hydrogen) atoms. The zero-order valence-electron chi connectivity index (χ0n) is 9.59. The molecule has 7 nitrogen and oxygen atoms in total. The smallest absolute Gasteiger partial charge is 0.258 e. The molecule has 0 radical (unpaired) electrons. The van der Waals surface area contributed by atoms with Gasteiger partial charge in [-0.25, -0.2) is 17.9 Å². The standard InChI is InChI=1S/C10H10FN3O4S/c11-7-1-2-8(9(5-7)19(13,16)17)18-6-10(15)14-4-3-12/h1-2,5H,4,6H2,(H,14,15)(H2,13,16,17). The van der Waals surface area contributed by atoms with E-state index in [1.165, 1.54) is 0 Å². The van der Waals surface area contributed by atoms with Crippen LogP contribution in [0.1, 0.15) is 0 Å². The normalized spacial score (nSPS) is 10.6.